The van der Waals surface area contributed by atoms with Crippen molar-refractivity contribution in [2.75, 3.05) is 46.1 Å². The molecule has 0 bridgehead atoms. The minimum Gasteiger partial charge on any atom is -0.489 e. The Labute approximate surface area is 200 Å². The molecule has 1 aliphatic rings. The Bertz CT molecular complexity index is 1160. The van der Waals surface area contributed by atoms with E-state index in [1.54, 1.807) is 17.0 Å². The summed E-state index contributed by atoms with van der Waals surface area (Å²) >= 11 is 0. The maximum absolute atomic E-state index is 12.8. The van der Waals surface area contributed by atoms with Crippen molar-refractivity contribution in [3.63, 3.8) is 0 Å². The van der Waals surface area contributed by atoms with Crippen LogP contribution < -0.4 is 9.46 Å². The summed E-state index contributed by atoms with van der Waals surface area (Å²) in [6.07, 6.45) is 1.13. The van der Waals surface area contributed by atoms with Crippen molar-refractivity contribution in [1.29, 1.82) is 0 Å². The minimum absolute atomic E-state index is 0.0325. The van der Waals surface area contributed by atoms with E-state index >= 15 is 0 Å². The van der Waals surface area contributed by atoms with Crippen LogP contribution >= 0.6 is 0 Å². The largest absolute Gasteiger partial charge is 0.489 e. The highest BCUT2D eigenvalue weighted by Crippen LogP contribution is 2.18. The lowest BCUT2D eigenvalue weighted by Gasteiger charge is -2.36. The van der Waals surface area contributed by atoms with Crippen molar-refractivity contribution >= 4 is 26.0 Å². The highest BCUT2D eigenvalue weighted by Gasteiger charge is 2.33. The third-order valence-electron chi connectivity index (χ3n) is 5.51. The monoisotopic (exact) mass is 511 g/mol. The highest BCUT2D eigenvalue weighted by atomic mass is 32.2. The van der Waals surface area contributed by atoms with Crippen molar-refractivity contribution in [2.45, 2.75) is 17.5 Å². The lowest BCUT2D eigenvalue weighted by atomic mass is 10.2. The molecule has 2 aromatic rings. The van der Waals surface area contributed by atoms with Gasteiger partial charge in [-0.15, -0.1) is 0 Å². The SMILES string of the molecule is COC(=O)[C@H](CNS(=O)(=O)c1ccc(OCc2ccccc2)cc1)N1CCN(S(C)(=O)=O)CC1. The van der Waals surface area contributed by atoms with Gasteiger partial charge in [0.05, 0.1) is 18.3 Å². The normalized spacial score (nSPS) is 16.6. The molecule has 12 heteroatoms. The summed E-state index contributed by atoms with van der Waals surface area (Å²) in [7, 11) is -6.00. The third kappa shape index (κ3) is 7.00. The van der Waals surface area contributed by atoms with Gasteiger partial charge in [-0.3, -0.25) is 9.69 Å². The Hall–Kier alpha value is -2.51. The van der Waals surface area contributed by atoms with E-state index in [1.165, 1.54) is 23.5 Å². The fourth-order valence-corrected chi connectivity index (χ4v) is 5.44. The predicted octanol–water partition coefficient (Wildman–Crippen LogP) is 0.663. The van der Waals surface area contributed by atoms with Gasteiger partial charge in [-0.1, -0.05) is 30.3 Å². The molecule has 1 aliphatic heterocycles. The van der Waals surface area contributed by atoms with Crippen molar-refractivity contribution in [3.05, 3.63) is 60.2 Å². The standard InChI is InChI=1S/C22H29N3O7S2/c1-31-22(26)21(24-12-14-25(15-13-24)33(2,27)28)16-23-34(29,30)20-10-8-19(9-11-20)32-17-18-6-4-3-5-7-18/h3-11,21,23H,12-17H2,1-2H3/t21-/m0/s1. The Kier molecular flexibility index (Phi) is 8.66. The van der Waals surface area contributed by atoms with E-state index in [1.807, 2.05) is 30.3 Å². The molecule has 1 saturated heterocycles. The van der Waals surface area contributed by atoms with E-state index in [-0.39, 0.29) is 37.6 Å². The molecule has 0 unspecified atom stereocenters. The Morgan fingerprint density at radius 1 is 0.971 bits per heavy atom. The first-order valence-corrected chi connectivity index (χ1v) is 14.0. The molecule has 1 fully saturated rings. The predicted molar refractivity (Wildman–Crippen MR) is 126 cm³/mol. The Balaban J connectivity index is 1.60. The molecule has 1 N–H and O–H groups in total. The topological polar surface area (TPSA) is 122 Å². The van der Waals surface area contributed by atoms with Crippen molar-refractivity contribution < 1.29 is 31.1 Å². The zero-order valence-corrected chi connectivity index (χ0v) is 20.7. The number of esters is 1. The molecule has 10 nitrogen and oxygen atoms in total. The van der Waals surface area contributed by atoms with Gasteiger partial charge in [-0.25, -0.2) is 21.6 Å². The van der Waals surface area contributed by atoms with Gasteiger partial charge >= 0.3 is 5.97 Å². The van der Waals surface area contributed by atoms with E-state index in [9.17, 15) is 21.6 Å². The average Bonchev–Trinajstić information content (AvgIpc) is 2.83. The van der Waals surface area contributed by atoms with E-state index in [2.05, 4.69) is 4.72 Å². The molecule has 34 heavy (non-hydrogen) atoms. The lowest BCUT2D eigenvalue weighted by molar-refractivity contribution is -0.147. The fraction of sp³-hybridized carbons (Fsp3) is 0.409. The van der Waals surface area contributed by atoms with Crippen LogP contribution in [-0.4, -0.2) is 84.1 Å². The first-order chi connectivity index (χ1) is 16.1. The van der Waals surface area contributed by atoms with Gasteiger partial charge in [0.25, 0.3) is 0 Å². The van der Waals surface area contributed by atoms with Crippen molar-refractivity contribution in [3.8, 4) is 5.75 Å². The molecule has 0 aromatic heterocycles. The number of hydrogen-bond acceptors (Lipinski definition) is 8. The van der Waals surface area contributed by atoms with E-state index in [0.717, 1.165) is 11.8 Å². The van der Waals surface area contributed by atoms with Crippen LogP contribution in [-0.2, 0) is 36.2 Å². The minimum atomic E-state index is -3.90. The van der Waals surface area contributed by atoms with Crippen LogP contribution in [0.2, 0.25) is 0 Å². The fourth-order valence-electron chi connectivity index (χ4n) is 3.57. The number of methoxy groups -OCH3 is 1. The number of rotatable bonds is 10. The highest BCUT2D eigenvalue weighted by molar-refractivity contribution is 7.89. The summed E-state index contributed by atoms with van der Waals surface area (Å²) in [5, 5.41) is 0. The van der Waals surface area contributed by atoms with Gasteiger partial charge in [0.1, 0.15) is 18.4 Å². The number of piperazine rings is 1. The van der Waals surface area contributed by atoms with Crippen molar-refractivity contribution in [2.24, 2.45) is 0 Å². The maximum atomic E-state index is 12.8. The number of benzene rings is 2. The number of hydrogen-bond donors (Lipinski definition) is 1. The maximum Gasteiger partial charge on any atom is 0.324 e. The molecule has 186 valence electrons. The Morgan fingerprint density at radius 3 is 2.15 bits per heavy atom. The molecule has 3 rings (SSSR count). The van der Waals surface area contributed by atoms with Gasteiger partial charge < -0.3 is 9.47 Å². The van der Waals surface area contributed by atoms with Gasteiger partial charge in [0, 0.05) is 32.7 Å². The molecule has 0 saturated carbocycles. The molecular weight excluding hydrogens is 482 g/mol. The van der Waals surface area contributed by atoms with E-state index in [4.69, 9.17) is 9.47 Å². The third-order valence-corrected chi connectivity index (χ3v) is 8.25. The van der Waals surface area contributed by atoms with Crippen LogP contribution in [0.3, 0.4) is 0 Å². The van der Waals surface area contributed by atoms with Gasteiger partial charge in [0.15, 0.2) is 0 Å². The number of ether oxygens (including phenoxy) is 2. The van der Waals surface area contributed by atoms with Crippen LogP contribution in [0.5, 0.6) is 5.75 Å². The molecule has 1 heterocycles. The second kappa shape index (κ2) is 11.3. The first-order valence-electron chi connectivity index (χ1n) is 10.6. The van der Waals surface area contributed by atoms with Crippen LogP contribution in [0.25, 0.3) is 0 Å². The number of carbonyl (C=O) groups is 1. The molecular formula is C22H29N3O7S2. The Morgan fingerprint density at radius 2 is 1.59 bits per heavy atom. The quantitative estimate of drug-likeness (QED) is 0.462. The number of nitrogens with zero attached hydrogens (tertiary/aromatic N) is 2. The molecule has 0 radical (unpaired) electrons. The summed E-state index contributed by atoms with van der Waals surface area (Å²) in [5.74, 6) is -0.0702. The zero-order chi connectivity index (χ0) is 24.8. The van der Waals surface area contributed by atoms with Gasteiger partial charge in [0.2, 0.25) is 20.0 Å². The van der Waals surface area contributed by atoms with E-state index in [0.29, 0.717) is 12.4 Å². The first kappa shape index (κ1) is 26.1. The molecule has 1 atom stereocenters. The van der Waals surface area contributed by atoms with Crippen LogP contribution in [0.4, 0.5) is 0 Å². The van der Waals surface area contributed by atoms with Crippen LogP contribution in [0.1, 0.15) is 5.56 Å². The molecule has 0 amide bonds. The number of nitrogens with one attached hydrogen (secondary N) is 1. The van der Waals surface area contributed by atoms with Crippen LogP contribution in [0.15, 0.2) is 59.5 Å². The van der Waals surface area contributed by atoms with Crippen molar-refractivity contribution in [1.82, 2.24) is 13.9 Å². The molecule has 2 aromatic carbocycles. The van der Waals surface area contributed by atoms with E-state index < -0.39 is 32.1 Å². The zero-order valence-electron chi connectivity index (χ0n) is 19.1. The smallest absolute Gasteiger partial charge is 0.324 e. The number of sulfonamides is 2. The molecule has 0 spiro atoms. The summed E-state index contributed by atoms with van der Waals surface area (Å²) in [4.78, 5) is 14.1. The summed E-state index contributed by atoms with van der Waals surface area (Å²) < 4.78 is 63.3. The summed E-state index contributed by atoms with van der Waals surface area (Å²) in [6, 6.07) is 14.7. The summed E-state index contributed by atoms with van der Waals surface area (Å²) in [5.41, 5.74) is 0.993. The van der Waals surface area contributed by atoms with Crippen LogP contribution in [0, 0.1) is 0 Å². The second-order valence-electron chi connectivity index (χ2n) is 7.83. The molecule has 0 aliphatic carbocycles. The summed E-state index contributed by atoms with van der Waals surface area (Å²) in [6.45, 7) is 1.13. The van der Waals surface area contributed by atoms with Gasteiger partial charge in [-0.05, 0) is 29.8 Å². The van der Waals surface area contributed by atoms with Gasteiger partial charge in [-0.2, -0.15) is 4.31 Å². The lowest BCUT2D eigenvalue weighted by Crippen LogP contribution is -2.56. The second-order valence-corrected chi connectivity index (χ2v) is 11.6. The average molecular weight is 512 g/mol. The number of carbonyl (C=O) groups excluding carboxylic acids is 1.